The number of fused-ring (bicyclic) bond motifs is 1. The second-order valence-electron chi connectivity index (χ2n) is 5.02. The SMILES string of the molecule is CC(C)CNC(=O)C(C)Nc1ccc2n[nH]c(=O)n2n1. The molecule has 8 nitrogen and oxygen atoms in total. The van der Waals surface area contributed by atoms with Crippen molar-refractivity contribution in [2.45, 2.75) is 26.8 Å². The van der Waals surface area contributed by atoms with Gasteiger partial charge in [0.05, 0.1) is 0 Å². The molecule has 0 aliphatic rings. The maximum absolute atomic E-state index is 11.8. The van der Waals surface area contributed by atoms with Gasteiger partial charge in [-0.1, -0.05) is 13.8 Å². The molecule has 0 aliphatic carbocycles. The molecule has 0 saturated carbocycles. The molecule has 1 unspecified atom stereocenters. The third-order valence-corrected chi connectivity index (χ3v) is 2.72. The molecule has 0 aromatic carbocycles. The quantitative estimate of drug-likeness (QED) is 0.713. The Labute approximate surface area is 115 Å². The zero-order valence-electron chi connectivity index (χ0n) is 11.7. The standard InChI is InChI=1S/C12H18N6O2/c1-7(2)6-13-11(19)8(3)14-9-4-5-10-15-16-12(20)18(10)17-9/h4-5,7-8H,6H2,1-3H3,(H,13,19)(H,14,17)(H,16,20). The van der Waals surface area contributed by atoms with E-state index >= 15 is 0 Å². The smallest absolute Gasteiger partial charge is 0.357 e. The summed E-state index contributed by atoms with van der Waals surface area (Å²) in [5, 5.41) is 15.9. The number of aromatic amines is 1. The van der Waals surface area contributed by atoms with Gasteiger partial charge in [-0.05, 0) is 25.0 Å². The normalized spacial score (nSPS) is 12.6. The lowest BCUT2D eigenvalue weighted by Crippen LogP contribution is -2.39. The van der Waals surface area contributed by atoms with Crippen LogP contribution in [0, 0.1) is 5.92 Å². The summed E-state index contributed by atoms with van der Waals surface area (Å²) in [5.74, 6) is 0.721. The minimum absolute atomic E-state index is 0.111. The Morgan fingerprint density at radius 3 is 2.85 bits per heavy atom. The van der Waals surface area contributed by atoms with Gasteiger partial charge >= 0.3 is 5.69 Å². The van der Waals surface area contributed by atoms with Crippen molar-refractivity contribution >= 4 is 17.4 Å². The van der Waals surface area contributed by atoms with Gasteiger partial charge in [-0.2, -0.15) is 9.61 Å². The van der Waals surface area contributed by atoms with Crippen LogP contribution in [0.5, 0.6) is 0 Å². The molecule has 108 valence electrons. The zero-order valence-corrected chi connectivity index (χ0v) is 11.7. The molecule has 0 fully saturated rings. The number of carbonyl (C=O) groups excluding carboxylic acids is 1. The predicted molar refractivity (Wildman–Crippen MR) is 74.5 cm³/mol. The van der Waals surface area contributed by atoms with Crippen molar-refractivity contribution in [2.75, 3.05) is 11.9 Å². The van der Waals surface area contributed by atoms with Gasteiger partial charge in [-0.25, -0.2) is 9.89 Å². The molecule has 2 aromatic heterocycles. The van der Waals surface area contributed by atoms with Crippen LogP contribution < -0.4 is 16.3 Å². The van der Waals surface area contributed by atoms with E-state index in [-0.39, 0.29) is 5.91 Å². The van der Waals surface area contributed by atoms with E-state index in [9.17, 15) is 9.59 Å². The highest BCUT2D eigenvalue weighted by molar-refractivity contribution is 5.83. The number of hydrogen-bond donors (Lipinski definition) is 3. The van der Waals surface area contributed by atoms with Gasteiger partial charge in [0.1, 0.15) is 11.9 Å². The molecule has 0 bridgehead atoms. The first-order chi connectivity index (χ1) is 9.47. The first-order valence-corrected chi connectivity index (χ1v) is 6.46. The first-order valence-electron chi connectivity index (χ1n) is 6.46. The molecule has 0 radical (unpaired) electrons. The van der Waals surface area contributed by atoms with Crippen LogP contribution in [-0.4, -0.2) is 38.3 Å². The maximum atomic E-state index is 11.8. The number of rotatable bonds is 5. The van der Waals surface area contributed by atoms with Crippen molar-refractivity contribution in [3.8, 4) is 0 Å². The van der Waals surface area contributed by atoms with E-state index in [0.717, 1.165) is 4.52 Å². The van der Waals surface area contributed by atoms with Gasteiger partial charge < -0.3 is 10.6 Å². The van der Waals surface area contributed by atoms with Crippen molar-refractivity contribution in [1.29, 1.82) is 0 Å². The molecule has 2 aromatic rings. The van der Waals surface area contributed by atoms with Crippen LogP contribution in [0.2, 0.25) is 0 Å². The Morgan fingerprint density at radius 1 is 1.40 bits per heavy atom. The van der Waals surface area contributed by atoms with Crippen LogP contribution >= 0.6 is 0 Å². The topological polar surface area (TPSA) is 104 Å². The summed E-state index contributed by atoms with van der Waals surface area (Å²) >= 11 is 0. The van der Waals surface area contributed by atoms with Crippen molar-refractivity contribution in [1.82, 2.24) is 25.1 Å². The van der Waals surface area contributed by atoms with Crippen LogP contribution in [0.1, 0.15) is 20.8 Å². The molecule has 2 heterocycles. The fourth-order valence-corrected chi connectivity index (χ4v) is 1.63. The Balaban J connectivity index is 2.05. The van der Waals surface area contributed by atoms with E-state index in [2.05, 4.69) is 25.9 Å². The minimum atomic E-state index is -0.443. The third-order valence-electron chi connectivity index (χ3n) is 2.72. The molecule has 0 aliphatic heterocycles. The number of nitrogens with zero attached hydrogens (tertiary/aromatic N) is 3. The molecule has 0 saturated heterocycles. The van der Waals surface area contributed by atoms with Crippen LogP contribution in [0.25, 0.3) is 5.65 Å². The number of anilines is 1. The molecular formula is C12H18N6O2. The highest BCUT2D eigenvalue weighted by atomic mass is 16.2. The Hall–Kier alpha value is -2.38. The second kappa shape index (κ2) is 5.72. The van der Waals surface area contributed by atoms with Crippen molar-refractivity contribution < 1.29 is 4.79 Å². The van der Waals surface area contributed by atoms with E-state index in [1.807, 2.05) is 13.8 Å². The van der Waals surface area contributed by atoms with Gasteiger partial charge in [0.15, 0.2) is 5.65 Å². The van der Waals surface area contributed by atoms with E-state index < -0.39 is 11.7 Å². The van der Waals surface area contributed by atoms with Gasteiger partial charge in [-0.15, -0.1) is 5.10 Å². The second-order valence-corrected chi connectivity index (χ2v) is 5.02. The van der Waals surface area contributed by atoms with E-state index in [0.29, 0.717) is 23.9 Å². The Bertz CT molecular complexity index is 659. The zero-order chi connectivity index (χ0) is 14.7. The number of amides is 1. The van der Waals surface area contributed by atoms with Crippen LogP contribution in [-0.2, 0) is 4.79 Å². The van der Waals surface area contributed by atoms with Gasteiger partial charge in [0.2, 0.25) is 5.91 Å². The Kier molecular flexibility index (Phi) is 4.02. The summed E-state index contributed by atoms with van der Waals surface area (Å²) in [7, 11) is 0. The van der Waals surface area contributed by atoms with Gasteiger partial charge in [-0.3, -0.25) is 4.79 Å². The Morgan fingerprint density at radius 2 is 2.15 bits per heavy atom. The van der Waals surface area contributed by atoms with Crippen LogP contribution in [0.4, 0.5) is 5.82 Å². The van der Waals surface area contributed by atoms with Crippen LogP contribution in [0.3, 0.4) is 0 Å². The van der Waals surface area contributed by atoms with E-state index in [1.54, 1.807) is 19.1 Å². The lowest BCUT2D eigenvalue weighted by Gasteiger charge is -2.15. The first kappa shape index (κ1) is 14.0. The molecular weight excluding hydrogens is 260 g/mol. The molecule has 2 rings (SSSR count). The molecule has 1 atom stereocenters. The summed E-state index contributed by atoms with van der Waals surface area (Å²) in [6, 6.07) is 2.87. The number of hydrogen-bond acceptors (Lipinski definition) is 5. The van der Waals surface area contributed by atoms with Crippen molar-refractivity contribution in [2.24, 2.45) is 5.92 Å². The maximum Gasteiger partial charge on any atom is 0.364 e. The third kappa shape index (κ3) is 3.14. The number of aromatic nitrogens is 4. The largest absolute Gasteiger partial charge is 0.364 e. The number of H-pyrrole nitrogens is 1. The summed E-state index contributed by atoms with van der Waals surface area (Å²) < 4.78 is 1.14. The van der Waals surface area contributed by atoms with Gasteiger partial charge in [0, 0.05) is 6.54 Å². The molecule has 20 heavy (non-hydrogen) atoms. The fourth-order valence-electron chi connectivity index (χ4n) is 1.63. The van der Waals surface area contributed by atoms with Gasteiger partial charge in [0.25, 0.3) is 0 Å². The van der Waals surface area contributed by atoms with Crippen molar-refractivity contribution in [3.05, 3.63) is 22.6 Å². The molecule has 8 heteroatoms. The fraction of sp³-hybridized carbons (Fsp3) is 0.500. The highest BCUT2D eigenvalue weighted by Crippen LogP contribution is 2.05. The predicted octanol–water partition coefficient (Wildman–Crippen LogP) is -0.00980. The highest BCUT2D eigenvalue weighted by Gasteiger charge is 2.13. The molecule has 1 amide bonds. The van der Waals surface area contributed by atoms with Crippen LogP contribution in [0.15, 0.2) is 16.9 Å². The van der Waals surface area contributed by atoms with Crippen molar-refractivity contribution in [3.63, 3.8) is 0 Å². The molecule has 0 spiro atoms. The summed E-state index contributed by atoms with van der Waals surface area (Å²) in [6.07, 6.45) is 0. The van der Waals surface area contributed by atoms with E-state index in [4.69, 9.17) is 0 Å². The average Bonchev–Trinajstić information content (AvgIpc) is 2.77. The number of nitrogens with one attached hydrogen (secondary N) is 3. The lowest BCUT2D eigenvalue weighted by molar-refractivity contribution is -0.121. The minimum Gasteiger partial charge on any atom is -0.357 e. The summed E-state index contributed by atoms with van der Waals surface area (Å²) in [5.41, 5.74) is 0.0121. The lowest BCUT2D eigenvalue weighted by atomic mass is 10.2. The summed E-state index contributed by atoms with van der Waals surface area (Å²) in [6.45, 7) is 6.41. The average molecular weight is 278 g/mol. The monoisotopic (exact) mass is 278 g/mol. The van der Waals surface area contributed by atoms with E-state index in [1.165, 1.54) is 0 Å². The number of carbonyl (C=O) groups is 1. The molecule has 3 N–H and O–H groups in total. The summed E-state index contributed by atoms with van der Waals surface area (Å²) in [4.78, 5) is 23.2.